The molecular formula is C22H21N3O. The van der Waals surface area contributed by atoms with Crippen molar-refractivity contribution in [1.82, 2.24) is 14.5 Å². The second-order valence-electron chi connectivity index (χ2n) is 6.88. The van der Waals surface area contributed by atoms with Crippen molar-refractivity contribution in [3.63, 3.8) is 0 Å². The van der Waals surface area contributed by atoms with Crippen LogP contribution in [0.15, 0.2) is 60.9 Å². The van der Waals surface area contributed by atoms with E-state index in [0.717, 1.165) is 16.7 Å². The summed E-state index contributed by atoms with van der Waals surface area (Å²) < 4.78 is 2.01. The summed E-state index contributed by atoms with van der Waals surface area (Å²) in [6.45, 7) is 6.46. The summed E-state index contributed by atoms with van der Waals surface area (Å²) in [5, 5.41) is 11.3. The first-order valence-electron chi connectivity index (χ1n) is 8.78. The summed E-state index contributed by atoms with van der Waals surface area (Å²) in [4.78, 5) is 9.64. The van der Waals surface area contributed by atoms with Gasteiger partial charge in [0.05, 0.1) is 11.1 Å². The molecule has 0 saturated carbocycles. The molecule has 0 saturated heterocycles. The lowest BCUT2D eigenvalue weighted by Crippen LogP contribution is -2.04. The van der Waals surface area contributed by atoms with Crippen molar-refractivity contribution < 1.29 is 5.11 Å². The van der Waals surface area contributed by atoms with E-state index in [9.17, 15) is 5.11 Å². The molecule has 2 aromatic heterocycles. The topological polar surface area (TPSA) is 50.9 Å². The lowest BCUT2D eigenvalue weighted by molar-refractivity contribution is 0.477. The molecule has 2 aromatic carbocycles. The molecule has 0 atom stereocenters. The number of phenolic OH excluding ortho intramolecular Hbond substituents is 1. The highest BCUT2D eigenvalue weighted by Gasteiger charge is 2.17. The maximum Gasteiger partial charge on any atom is 0.165 e. The van der Waals surface area contributed by atoms with Gasteiger partial charge in [-0.15, -0.1) is 0 Å². The highest BCUT2D eigenvalue weighted by molar-refractivity contribution is 5.91. The largest absolute Gasteiger partial charge is 0.507 e. The first kappa shape index (κ1) is 16.3. The molecule has 4 rings (SSSR count). The van der Waals surface area contributed by atoms with Crippen LogP contribution in [0.1, 0.15) is 30.9 Å². The predicted octanol–water partition coefficient (Wildman–Crippen LogP) is 5.22. The fourth-order valence-electron chi connectivity index (χ4n) is 3.32. The summed E-state index contributed by atoms with van der Waals surface area (Å²) >= 11 is 0. The van der Waals surface area contributed by atoms with Gasteiger partial charge in [-0.1, -0.05) is 32.0 Å². The minimum absolute atomic E-state index is 0.182. The average Bonchev–Trinajstić information content (AvgIpc) is 3.14. The third-order valence-corrected chi connectivity index (χ3v) is 4.57. The van der Waals surface area contributed by atoms with Crippen LogP contribution in [0.4, 0.5) is 0 Å². The van der Waals surface area contributed by atoms with E-state index in [1.165, 1.54) is 11.1 Å². The first-order chi connectivity index (χ1) is 12.5. The number of phenols is 1. The number of aryl methyl sites for hydroxylation is 1. The minimum Gasteiger partial charge on any atom is -0.507 e. The van der Waals surface area contributed by atoms with Crippen molar-refractivity contribution >= 4 is 10.9 Å². The molecule has 4 aromatic rings. The molecule has 0 unspecified atom stereocenters. The van der Waals surface area contributed by atoms with Crippen LogP contribution in [0.25, 0.3) is 28.1 Å². The van der Waals surface area contributed by atoms with Crippen LogP contribution < -0.4 is 0 Å². The van der Waals surface area contributed by atoms with Crippen LogP contribution in [0.2, 0.25) is 0 Å². The normalized spacial score (nSPS) is 11.4. The summed E-state index contributed by atoms with van der Waals surface area (Å²) in [6, 6.07) is 15.4. The number of aromatic nitrogens is 3. The van der Waals surface area contributed by atoms with Crippen LogP contribution >= 0.6 is 0 Å². The summed E-state index contributed by atoms with van der Waals surface area (Å²) in [5.41, 5.74) is 3.93. The highest BCUT2D eigenvalue weighted by Crippen LogP contribution is 2.34. The molecule has 0 radical (unpaired) electrons. The number of nitrogens with zero attached hydrogens (tertiary/aromatic N) is 3. The van der Waals surface area contributed by atoms with Crippen LogP contribution in [0, 0.1) is 6.92 Å². The smallest absolute Gasteiger partial charge is 0.165 e. The molecule has 2 heterocycles. The average molecular weight is 343 g/mol. The van der Waals surface area contributed by atoms with Gasteiger partial charge in [0.1, 0.15) is 11.6 Å². The predicted molar refractivity (Wildman–Crippen MR) is 105 cm³/mol. The zero-order valence-electron chi connectivity index (χ0n) is 15.1. The SMILES string of the molecule is Cc1cc(C(C)C)c2c(-n3cccc3)nc(-c3ccccc3O)nc2c1. The van der Waals surface area contributed by atoms with E-state index in [4.69, 9.17) is 9.97 Å². The lowest BCUT2D eigenvalue weighted by atomic mass is 9.96. The molecule has 4 heteroatoms. The Hall–Kier alpha value is -3.14. The van der Waals surface area contributed by atoms with Crippen molar-refractivity contribution in [3.05, 3.63) is 72.1 Å². The molecule has 1 N–H and O–H groups in total. The van der Waals surface area contributed by atoms with E-state index in [0.29, 0.717) is 17.3 Å². The Bertz CT molecular complexity index is 1080. The van der Waals surface area contributed by atoms with E-state index in [-0.39, 0.29) is 5.75 Å². The lowest BCUT2D eigenvalue weighted by Gasteiger charge is -2.16. The number of hydrogen-bond donors (Lipinski definition) is 1. The second kappa shape index (κ2) is 6.30. The number of para-hydroxylation sites is 1. The van der Waals surface area contributed by atoms with Crippen molar-refractivity contribution in [2.24, 2.45) is 0 Å². The molecule has 0 aliphatic rings. The third-order valence-electron chi connectivity index (χ3n) is 4.57. The molecule has 0 aliphatic carbocycles. The number of benzene rings is 2. The van der Waals surface area contributed by atoms with Gasteiger partial charge in [-0.3, -0.25) is 0 Å². The quantitative estimate of drug-likeness (QED) is 0.554. The molecule has 0 bridgehead atoms. The van der Waals surface area contributed by atoms with Gasteiger partial charge in [0, 0.05) is 17.8 Å². The molecule has 26 heavy (non-hydrogen) atoms. The van der Waals surface area contributed by atoms with Gasteiger partial charge in [0.15, 0.2) is 5.82 Å². The molecule has 0 amide bonds. The van der Waals surface area contributed by atoms with Gasteiger partial charge < -0.3 is 9.67 Å². The van der Waals surface area contributed by atoms with Gasteiger partial charge in [0.25, 0.3) is 0 Å². The summed E-state index contributed by atoms with van der Waals surface area (Å²) in [7, 11) is 0. The highest BCUT2D eigenvalue weighted by atomic mass is 16.3. The van der Waals surface area contributed by atoms with Crippen LogP contribution in [0.3, 0.4) is 0 Å². The molecule has 130 valence electrons. The maximum absolute atomic E-state index is 10.3. The van der Waals surface area contributed by atoms with Crippen molar-refractivity contribution in [3.8, 4) is 23.0 Å². The second-order valence-corrected chi connectivity index (χ2v) is 6.88. The molecular weight excluding hydrogens is 322 g/mol. The van der Waals surface area contributed by atoms with Crippen LogP contribution in [0.5, 0.6) is 5.75 Å². The van der Waals surface area contributed by atoms with Crippen molar-refractivity contribution in [1.29, 1.82) is 0 Å². The van der Waals surface area contributed by atoms with E-state index in [2.05, 4.69) is 32.9 Å². The molecule has 0 spiro atoms. The van der Waals surface area contributed by atoms with Crippen molar-refractivity contribution in [2.75, 3.05) is 0 Å². The van der Waals surface area contributed by atoms with E-state index in [1.807, 2.05) is 41.2 Å². The van der Waals surface area contributed by atoms with Crippen LogP contribution in [-0.4, -0.2) is 19.6 Å². The maximum atomic E-state index is 10.3. The number of aromatic hydroxyl groups is 1. The van der Waals surface area contributed by atoms with E-state index >= 15 is 0 Å². The molecule has 4 nitrogen and oxygen atoms in total. The fourth-order valence-corrected chi connectivity index (χ4v) is 3.32. The number of rotatable bonds is 3. The van der Waals surface area contributed by atoms with Crippen molar-refractivity contribution in [2.45, 2.75) is 26.7 Å². The van der Waals surface area contributed by atoms with Gasteiger partial charge in [-0.25, -0.2) is 9.97 Å². The van der Waals surface area contributed by atoms with Gasteiger partial charge in [0.2, 0.25) is 0 Å². The fraction of sp³-hybridized carbons (Fsp3) is 0.182. The zero-order valence-corrected chi connectivity index (χ0v) is 15.1. The Morgan fingerprint density at radius 3 is 2.38 bits per heavy atom. The number of fused-ring (bicyclic) bond motifs is 1. The molecule has 0 aliphatic heterocycles. The Balaban J connectivity index is 2.11. The first-order valence-corrected chi connectivity index (χ1v) is 8.78. The van der Waals surface area contributed by atoms with E-state index < -0.39 is 0 Å². The standard InChI is InChI=1S/C22H21N3O/c1-14(2)17-12-15(3)13-18-20(17)22(25-10-6-7-11-25)24-21(23-18)16-8-4-5-9-19(16)26/h4-14,26H,1-3H3. The van der Waals surface area contributed by atoms with Gasteiger partial charge >= 0.3 is 0 Å². The Morgan fingerprint density at radius 2 is 1.69 bits per heavy atom. The monoisotopic (exact) mass is 343 g/mol. The third kappa shape index (κ3) is 2.73. The van der Waals surface area contributed by atoms with Gasteiger partial charge in [-0.05, 0) is 54.3 Å². The zero-order chi connectivity index (χ0) is 18.3. The Kier molecular flexibility index (Phi) is 3.96. The Labute approximate surface area is 152 Å². The number of hydrogen-bond acceptors (Lipinski definition) is 3. The van der Waals surface area contributed by atoms with Gasteiger partial charge in [-0.2, -0.15) is 0 Å². The van der Waals surface area contributed by atoms with Crippen LogP contribution in [-0.2, 0) is 0 Å². The minimum atomic E-state index is 0.182. The molecule has 0 fully saturated rings. The summed E-state index contributed by atoms with van der Waals surface area (Å²) in [5.74, 6) is 1.90. The summed E-state index contributed by atoms with van der Waals surface area (Å²) in [6.07, 6.45) is 3.97. The Morgan fingerprint density at radius 1 is 0.962 bits per heavy atom. The van der Waals surface area contributed by atoms with E-state index in [1.54, 1.807) is 12.1 Å².